The normalized spacial score (nSPS) is 22.3. The van der Waals surface area contributed by atoms with Crippen molar-refractivity contribution < 1.29 is 17.9 Å². The molecule has 0 bridgehead atoms. The molecule has 2 N–H and O–H groups in total. The van der Waals surface area contributed by atoms with Crippen molar-refractivity contribution in [2.75, 3.05) is 39.9 Å². The first kappa shape index (κ1) is 29.6. The Kier molecular flexibility index (Phi) is 8.97. The third kappa shape index (κ3) is 5.72. The zero-order valence-electron chi connectivity index (χ0n) is 22.1. The number of aromatic nitrogens is 2. The maximum Gasteiger partial charge on any atom is 0.246 e. The molecule has 3 aromatic rings. The molecule has 1 unspecified atom stereocenters. The number of piperidine rings is 1. The Hall–Kier alpha value is -1.92. The van der Waals surface area contributed by atoms with Gasteiger partial charge in [0, 0.05) is 63.4 Å². The van der Waals surface area contributed by atoms with Gasteiger partial charge in [0.15, 0.2) is 0 Å². The molecule has 0 radical (unpaired) electrons. The van der Waals surface area contributed by atoms with E-state index in [1.165, 1.54) is 16.4 Å². The topological polar surface area (TPSA) is 111 Å². The standard InChI is InChI=1S/C27H32Cl3N5O4S/c1-39-11-5-10-35-24-8-3-2-7-23(24)32-26(35)17-6-4-9-33(14-17)27(36)19-15-34(16-22(19)31)40(37,38)25-20(29)12-18(28)13-21(25)30/h2-3,7-8,12-13,17,19,22H,4-6,9-11,14-16,31H2,1H3/t17?,19-,22-/m1/s1. The summed E-state index contributed by atoms with van der Waals surface area (Å²) in [6, 6.07) is 10.0. The van der Waals surface area contributed by atoms with Crippen LogP contribution in [-0.4, -0.2) is 79.0 Å². The number of halogens is 3. The van der Waals surface area contributed by atoms with Crippen molar-refractivity contribution >= 4 is 61.8 Å². The third-order valence-corrected chi connectivity index (χ3v) is 10.7. The number of carbonyl (C=O) groups excluding carboxylic acids is 1. The number of para-hydroxylation sites is 2. The van der Waals surface area contributed by atoms with Gasteiger partial charge in [-0.05, 0) is 43.5 Å². The first-order valence-electron chi connectivity index (χ1n) is 13.2. The minimum Gasteiger partial charge on any atom is -0.385 e. The predicted octanol–water partition coefficient (Wildman–Crippen LogP) is 4.39. The van der Waals surface area contributed by atoms with Gasteiger partial charge in [-0.25, -0.2) is 13.4 Å². The Morgan fingerprint density at radius 2 is 1.85 bits per heavy atom. The minimum absolute atomic E-state index is 0.0133. The number of fused-ring (bicyclic) bond motifs is 1. The lowest BCUT2D eigenvalue weighted by molar-refractivity contribution is -0.136. The fourth-order valence-electron chi connectivity index (χ4n) is 5.78. The van der Waals surface area contributed by atoms with Crippen molar-refractivity contribution in [2.45, 2.75) is 42.7 Å². The van der Waals surface area contributed by atoms with Gasteiger partial charge in [-0.1, -0.05) is 46.9 Å². The number of sulfonamides is 1. The van der Waals surface area contributed by atoms with E-state index in [2.05, 4.69) is 10.6 Å². The van der Waals surface area contributed by atoms with E-state index in [1.807, 2.05) is 23.1 Å². The molecule has 2 fully saturated rings. The molecule has 2 aromatic carbocycles. The minimum atomic E-state index is -4.10. The number of hydrogen-bond acceptors (Lipinski definition) is 6. The number of hydrogen-bond donors (Lipinski definition) is 1. The van der Waals surface area contributed by atoms with Crippen LogP contribution in [0.3, 0.4) is 0 Å². The molecule has 216 valence electrons. The molecule has 5 rings (SSSR count). The molecule has 0 saturated carbocycles. The number of amides is 1. The summed E-state index contributed by atoms with van der Waals surface area (Å²) in [6.07, 6.45) is 2.57. The van der Waals surface area contributed by atoms with Crippen molar-refractivity contribution in [3.8, 4) is 0 Å². The maximum atomic E-state index is 13.8. The smallest absolute Gasteiger partial charge is 0.246 e. The van der Waals surface area contributed by atoms with E-state index in [4.69, 9.17) is 50.3 Å². The fourth-order valence-corrected chi connectivity index (χ4v) is 8.78. The van der Waals surface area contributed by atoms with Crippen LogP contribution >= 0.6 is 34.8 Å². The average Bonchev–Trinajstić information content (AvgIpc) is 3.49. The summed E-state index contributed by atoms with van der Waals surface area (Å²) in [4.78, 5) is 20.3. The summed E-state index contributed by atoms with van der Waals surface area (Å²) in [5.41, 5.74) is 8.36. The number of nitrogens with two attached hydrogens (primary N) is 1. The van der Waals surface area contributed by atoms with E-state index >= 15 is 0 Å². The molecule has 2 aliphatic rings. The Morgan fingerprint density at radius 3 is 2.58 bits per heavy atom. The lowest BCUT2D eigenvalue weighted by Crippen LogP contribution is -2.47. The Morgan fingerprint density at radius 1 is 1.12 bits per heavy atom. The van der Waals surface area contributed by atoms with Gasteiger partial charge < -0.3 is 19.9 Å². The van der Waals surface area contributed by atoms with Crippen LogP contribution in [0, 0.1) is 5.92 Å². The second-order valence-corrected chi connectivity index (χ2v) is 13.5. The van der Waals surface area contributed by atoms with Crippen LogP contribution in [0.15, 0.2) is 41.3 Å². The number of benzene rings is 2. The highest BCUT2D eigenvalue weighted by atomic mass is 35.5. The van der Waals surface area contributed by atoms with E-state index < -0.39 is 22.0 Å². The molecule has 0 spiro atoms. The summed E-state index contributed by atoms with van der Waals surface area (Å²) in [5.74, 6) is 0.183. The van der Waals surface area contributed by atoms with Gasteiger partial charge in [-0.3, -0.25) is 4.79 Å². The summed E-state index contributed by atoms with van der Waals surface area (Å²) in [6.45, 7) is 2.44. The van der Waals surface area contributed by atoms with Gasteiger partial charge in [-0.15, -0.1) is 0 Å². The molecule has 9 nitrogen and oxygen atoms in total. The Labute approximate surface area is 249 Å². The molecule has 40 heavy (non-hydrogen) atoms. The lowest BCUT2D eigenvalue weighted by Gasteiger charge is -2.35. The molecular weight excluding hydrogens is 597 g/mol. The van der Waals surface area contributed by atoms with Crippen molar-refractivity contribution in [3.05, 3.63) is 57.3 Å². The van der Waals surface area contributed by atoms with Gasteiger partial charge >= 0.3 is 0 Å². The van der Waals surface area contributed by atoms with Crippen molar-refractivity contribution in [3.63, 3.8) is 0 Å². The summed E-state index contributed by atoms with van der Waals surface area (Å²) in [5, 5.41) is 0.0771. The number of carbonyl (C=O) groups is 1. The van der Waals surface area contributed by atoms with Crippen LogP contribution in [0.1, 0.15) is 31.0 Å². The molecule has 0 aliphatic carbocycles. The number of imidazole rings is 1. The number of nitrogens with zero attached hydrogens (tertiary/aromatic N) is 4. The van der Waals surface area contributed by atoms with Crippen LogP contribution in [0.25, 0.3) is 11.0 Å². The van der Waals surface area contributed by atoms with E-state index in [-0.39, 0.29) is 44.9 Å². The van der Waals surface area contributed by atoms with Crippen LogP contribution < -0.4 is 5.73 Å². The van der Waals surface area contributed by atoms with E-state index in [1.54, 1.807) is 7.11 Å². The molecule has 3 atom stereocenters. The summed E-state index contributed by atoms with van der Waals surface area (Å²) < 4.78 is 35.6. The second kappa shape index (κ2) is 12.1. The molecule has 2 aliphatic heterocycles. The third-order valence-electron chi connectivity index (χ3n) is 7.72. The molecule has 2 saturated heterocycles. The second-order valence-electron chi connectivity index (χ2n) is 10.4. The van der Waals surface area contributed by atoms with Crippen LogP contribution in [-0.2, 0) is 26.1 Å². The van der Waals surface area contributed by atoms with Gasteiger partial charge in [0.2, 0.25) is 15.9 Å². The highest BCUT2D eigenvalue weighted by Crippen LogP contribution is 2.37. The zero-order valence-corrected chi connectivity index (χ0v) is 25.2. The van der Waals surface area contributed by atoms with E-state index in [9.17, 15) is 13.2 Å². The predicted molar refractivity (Wildman–Crippen MR) is 156 cm³/mol. The maximum absolute atomic E-state index is 13.8. The lowest BCUT2D eigenvalue weighted by atomic mass is 9.94. The van der Waals surface area contributed by atoms with Gasteiger partial charge in [0.1, 0.15) is 10.7 Å². The first-order valence-corrected chi connectivity index (χ1v) is 15.8. The van der Waals surface area contributed by atoms with E-state index in [0.717, 1.165) is 42.7 Å². The molecule has 1 aromatic heterocycles. The van der Waals surface area contributed by atoms with Gasteiger partial charge in [0.05, 0.1) is 27.0 Å². The van der Waals surface area contributed by atoms with Crippen LogP contribution in [0.4, 0.5) is 0 Å². The Balaban J connectivity index is 1.34. The molecule has 3 heterocycles. The number of methoxy groups -OCH3 is 1. The molecule has 13 heteroatoms. The number of rotatable bonds is 8. The van der Waals surface area contributed by atoms with Crippen molar-refractivity contribution in [1.82, 2.24) is 18.8 Å². The molecule has 1 amide bonds. The Bertz CT molecular complexity index is 1490. The summed E-state index contributed by atoms with van der Waals surface area (Å²) in [7, 11) is -2.40. The largest absolute Gasteiger partial charge is 0.385 e. The fraction of sp³-hybridized carbons (Fsp3) is 0.481. The van der Waals surface area contributed by atoms with Crippen molar-refractivity contribution in [1.29, 1.82) is 0 Å². The number of likely N-dealkylation sites (tertiary alicyclic amines) is 1. The van der Waals surface area contributed by atoms with Gasteiger partial charge in [0.25, 0.3) is 0 Å². The average molecular weight is 629 g/mol. The number of ether oxygens (including phenoxy) is 1. The van der Waals surface area contributed by atoms with Crippen molar-refractivity contribution in [2.24, 2.45) is 11.7 Å². The molecular formula is C27H32Cl3N5O4S. The SMILES string of the molecule is COCCCn1c(C2CCCN(C(=O)[C@@H]3CN(S(=O)(=O)c4c(Cl)cc(Cl)cc4Cl)C[C@H]3N)C2)nc2ccccc21. The van der Waals surface area contributed by atoms with Gasteiger partial charge in [-0.2, -0.15) is 4.31 Å². The van der Waals surface area contributed by atoms with Crippen LogP contribution in [0.2, 0.25) is 15.1 Å². The first-order chi connectivity index (χ1) is 19.1. The highest BCUT2D eigenvalue weighted by molar-refractivity contribution is 7.89. The zero-order chi connectivity index (χ0) is 28.6. The van der Waals surface area contributed by atoms with Crippen LogP contribution in [0.5, 0.6) is 0 Å². The van der Waals surface area contributed by atoms with E-state index in [0.29, 0.717) is 19.7 Å². The highest BCUT2D eigenvalue weighted by Gasteiger charge is 2.44. The number of aryl methyl sites for hydroxylation is 1. The quantitative estimate of drug-likeness (QED) is 0.371. The summed E-state index contributed by atoms with van der Waals surface area (Å²) >= 11 is 18.4. The monoisotopic (exact) mass is 627 g/mol.